The molecule has 1 aromatic rings. The lowest BCUT2D eigenvalue weighted by Gasteiger charge is -2.19. The number of halogens is 1. The molecule has 0 heterocycles. The molecule has 0 bridgehead atoms. The zero-order chi connectivity index (χ0) is 15.2. The van der Waals surface area contributed by atoms with E-state index >= 15 is 0 Å². The van der Waals surface area contributed by atoms with Crippen molar-refractivity contribution < 1.29 is 18.7 Å². The number of Topliss-reactive ketones (excluding diaryl/α,β-unsaturated/α-hetero) is 1. The van der Waals surface area contributed by atoms with Crippen LogP contribution in [0.2, 0.25) is 0 Å². The number of benzene rings is 1. The van der Waals surface area contributed by atoms with Crippen molar-refractivity contribution in [3.8, 4) is 0 Å². The molecule has 20 heavy (non-hydrogen) atoms. The Bertz CT molecular complexity index is 480. The van der Waals surface area contributed by atoms with Crippen LogP contribution in [0.4, 0.5) is 9.18 Å². The maximum absolute atomic E-state index is 13.0. The van der Waals surface area contributed by atoms with Crippen molar-refractivity contribution in [1.29, 1.82) is 0 Å². The summed E-state index contributed by atoms with van der Waals surface area (Å²) in [5.41, 5.74) is -0.191. The molecule has 0 aliphatic heterocycles. The molecule has 1 amide bonds. The van der Waals surface area contributed by atoms with Gasteiger partial charge in [0.25, 0.3) is 0 Å². The van der Waals surface area contributed by atoms with Gasteiger partial charge in [-0.15, -0.1) is 0 Å². The Balaban J connectivity index is 2.28. The van der Waals surface area contributed by atoms with Crippen molar-refractivity contribution in [1.82, 2.24) is 5.32 Å². The summed E-state index contributed by atoms with van der Waals surface area (Å²) in [5.74, 6) is -0.571. The monoisotopic (exact) mass is 281 g/mol. The Morgan fingerprint density at radius 3 is 2.60 bits per heavy atom. The van der Waals surface area contributed by atoms with E-state index in [9.17, 15) is 14.0 Å². The second-order valence-corrected chi connectivity index (χ2v) is 5.47. The van der Waals surface area contributed by atoms with Crippen LogP contribution in [0.25, 0.3) is 0 Å². The van der Waals surface area contributed by atoms with Crippen LogP contribution in [0.5, 0.6) is 0 Å². The average Bonchev–Trinajstić information content (AvgIpc) is 2.32. The zero-order valence-electron chi connectivity index (χ0n) is 12.0. The largest absolute Gasteiger partial charge is 0.444 e. The Morgan fingerprint density at radius 2 is 2.00 bits per heavy atom. The van der Waals surface area contributed by atoms with E-state index in [2.05, 4.69) is 5.32 Å². The molecule has 0 fully saturated rings. The van der Waals surface area contributed by atoms with Crippen molar-refractivity contribution in [2.75, 3.05) is 6.54 Å². The van der Waals surface area contributed by atoms with Crippen molar-refractivity contribution in [3.63, 3.8) is 0 Å². The SMILES string of the molecule is CC(C)(C)OC(=O)NCCCC(=O)c1cccc(F)c1. The highest BCUT2D eigenvalue weighted by Gasteiger charge is 2.15. The molecule has 0 aliphatic rings. The number of hydrogen-bond donors (Lipinski definition) is 1. The van der Waals surface area contributed by atoms with Gasteiger partial charge in [-0.2, -0.15) is 0 Å². The summed E-state index contributed by atoms with van der Waals surface area (Å²) in [7, 11) is 0. The molecule has 4 nitrogen and oxygen atoms in total. The van der Waals surface area contributed by atoms with Crippen LogP contribution in [-0.2, 0) is 4.74 Å². The fraction of sp³-hybridized carbons (Fsp3) is 0.467. The van der Waals surface area contributed by atoms with Crippen LogP contribution in [0.1, 0.15) is 44.0 Å². The third-order valence-corrected chi connectivity index (χ3v) is 2.40. The van der Waals surface area contributed by atoms with Crippen LogP contribution >= 0.6 is 0 Å². The van der Waals surface area contributed by atoms with Gasteiger partial charge < -0.3 is 10.1 Å². The maximum Gasteiger partial charge on any atom is 0.407 e. The molecule has 1 N–H and O–H groups in total. The zero-order valence-corrected chi connectivity index (χ0v) is 12.0. The fourth-order valence-electron chi connectivity index (χ4n) is 1.56. The first kappa shape index (κ1) is 16.1. The topological polar surface area (TPSA) is 55.4 Å². The first-order valence-electron chi connectivity index (χ1n) is 6.53. The van der Waals surface area contributed by atoms with Gasteiger partial charge in [0, 0.05) is 18.5 Å². The third-order valence-electron chi connectivity index (χ3n) is 2.40. The van der Waals surface area contributed by atoms with Gasteiger partial charge in [-0.25, -0.2) is 9.18 Å². The second kappa shape index (κ2) is 7.03. The van der Waals surface area contributed by atoms with Crippen molar-refractivity contribution in [3.05, 3.63) is 35.6 Å². The van der Waals surface area contributed by atoms with E-state index in [1.807, 2.05) is 0 Å². The normalized spacial score (nSPS) is 11.0. The van der Waals surface area contributed by atoms with Gasteiger partial charge in [-0.05, 0) is 39.3 Å². The lowest BCUT2D eigenvalue weighted by molar-refractivity contribution is 0.0525. The number of carbonyl (C=O) groups is 2. The van der Waals surface area contributed by atoms with Gasteiger partial charge in [0.15, 0.2) is 5.78 Å². The number of nitrogens with one attached hydrogen (secondary N) is 1. The van der Waals surface area contributed by atoms with E-state index in [-0.39, 0.29) is 12.2 Å². The minimum atomic E-state index is -0.540. The first-order chi connectivity index (χ1) is 9.28. The standard InChI is InChI=1S/C15H20FNO3/c1-15(2,3)20-14(19)17-9-5-8-13(18)11-6-4-7-12(16)10-11/h4,6-7,10H,5,8-9H2,1-3H3,(H,17,19). The first-order valence-corrected chi connectivity index (χ1v) is 6.53. The van der Waals surface area contributed by atoms with Crippen LogP contribution < -0.4 is 5.32 Å². The highest BCUT2D eigenvalue weighted by Crippen LogP contribution is 2.08. The fourth-order valence-corrected chi connectivity index (χ4v) is 1.56. The second-order valence-electron chi connectivity index (χ2n) is 5.47. The average molecular weight is 281 g/mol. The number of rotatable bonds is 5. The van der Waals surface area contributed by atoms with E-state index in [4.69, 9.17) is 4.74 Å². The highest BCUT2D eigenvalue weighted by atomic mass is 19.1. The summed E-state index contributed by atoms with van der Waals surface area (Å²) < 4.78 is 18.0. The molecule has 1 rings (SSSR count). The van der Waals surface area contributed by atoms with E-state index in [0.717, 1.165) is 0 Å². The third kappa shape index (κ3) is 6.31. The van der Waals surface area contributed by atoms with Crippen LogP contribution in [-0.4, -0.2) is 24.0 Å². The summed E-state index contributed by atoms with van der Waals surface area (Å²) in [6.07, 6.45) is 0.226. The van der Waals surface area contributed by atoms with Gasteiger partial charge in [-0.3, -0.25) is 4.79 Å². The molecule has 5 heteroatoms. The predicted octanol–water partition coefficient (Wildman–Crippen LogP) is 3.31. The van der Waals surface area contributed by atoms with Crippen LogP contribution in [0.3, 0.4) is 0 Å². The van der Waals surface area contributed by atoms with E-state index < -0.39 is 17.5 Å². The molecule has 0 aliphatic carbocycles. The van der Waals surface area contributed by atoms with Gasteiger partial charge in [0.1, 0.15) is 11.4 Å². The molecular formula is C15H20FNO3. The summed E-state index contributed by atoms with van der Waals surface area (Å²) in [6, 6.07) is 5.58. The molecule has 0 saturated carbocycles. The molecule has 0 aromatic heterocycles. The van der Waals surface area contributed by atoms with Gasteiger partial charge in [0.05, 0.1) is 0 Å². The molecule has 0 radical (unpaired) electrons. The molecule has 0 unspecified atom stereocenters. The number of ketones is 1. The summed E-state index contributed by atoms with van der Waals surface area (Å²) in [6.45, 7) is 5.68. The van der Waals surface area contributed by atoms with Gasteiger partial charge in [-0.1, -0.05) is 12.1 Å². The predicted molar refractivity (Wildman–Crippen MR) is 74.2 cm³/mol. The van der Waals surface area contributed by atoms with Crippen LogP contribution in [0.15, 0.2) is 24.3 Å². The summed E-state index contributed by atoms with van der Waals surface area (Å²) in [5, 5.41) is 2.57. The Labute approximate surface area is 118 Å². The molecule has 0 saturated heterocycles. The quantitative estimate of drug-likeness (QED) is 0.665. The lowest BCUT2D eigenvalue weighted by atomic mass is 10.1. The maximum atomic E-state index is 13.0. The number of alkyl carbamates (subject to hydrolysis) is 1. The van der Waals surface area contributed by atoms with Crippen LogP contribution in [0, 0.1) is 5.82 Å². The summed E-state index contributed by atoms with van der Waals surface area (Å²) in [4.78, 5) is 23.1. The molecule has 110 valence electrons. The molecule has 1 aromatic carbocycles. The molecular weight excluding hydrogens is 261 g/mol. The molecule has 0 atom stereocenters. The smallest absolute Gasteiger partial charge is 0.407 e. The minimum absolute atomic E-state index is 0.143. The summed E-state index contributed by atoms with van der Waals surface area (Å²) >= 11 is 0. The number of hydrogen-bond acceptors (Lipinski definition) is 3. The van der Waals surface area contributed by atoms with E-state index in [1.54, 1.807) is 26.8 Å². The van der Waals surface area contributed by atoms with Crippen molar-refractivity contribution in [2.24, 2.45) is 0 Å². The van der Waals surface area contributed by atoms with E-state index in [1.165, 1.54) is 18.2 Å². The number of amides is 1. The Morgan fingerprint density at radius 1 is 1.30 bits per heavy atom. The Hall–Kier alpha value is -1.91. The van der Waals surface area contributed by atoms with Crippen molar-refractivity contribution in [2.45, 2.75) is 39.2 Å². The number of ether oxygens (including phenoxy) is 1. The molecule has 0 spiro atoms. The van der Waals surface area contributed by atoms with Gasteiger partial charge >= 0.3 is 6.09 Å². The highest BCUT2D eigenvalue weighted by molar-refractivity contribution is 5.96. The minimum Gasteiger partial charge on any atom is -0.444 e. The number of carbonyl (C=O) groups excluding carboxylic acids is 2. The van der Waals surface area contributed by atoms with E-state index in [0.29, 0.717) is 18.5 Å². The van der Waals surface area contributed by atoms with Crippen molar-refractivity contribution >= 4 is 11.9 Å². The Kier molecular flexibility index (Phi) is 5.67. The van der Waals surface area contributed by atoms with Gasteiger partial charge in [0.2, 0.25) is 0 Å². The lowest BCUT2D eigenvalue weighted by Crippen LogP contribution is -2.33.